The summed E-state index contributed by atoms with van der Waals surface area (Å²) in [6.45, 7) is 8.81. The zero-order valence-corrected chi connectivity index (χ0v) is 18.0. The number of ether oxygens (including phenoxy) is 3. The van der Waals surface area contributed by atoms with E-state index >= 15 is 0 Å². The van der Waals surface area contributed by atoms with Crippen molar-refractivity contribution in [2.24, 2.45) is 22.7 Å². The Balaban J connectivity index is 1.38. The lowest BCUT2D eigenvalue weighted by molar-refractivity contribution is -0.163. The predicted octanol–water partition coefficient (Wildman–Crippen LogP) is 2.79. The van der Waals surface area contributed by atoms with Gasteiger partial charge in [-0.15, -0.1) is 0 Å². The molecule has 6 heteroatoms. The number of ketones is 1. The highest BCUT2D eigenvalue weighted by Crippen LogP contribution is 2.81. The van der Waals surface area contributed by atoms with E-state index in [1.54, 1.807) is 0 Å². The van der Waals surface area contributed by atoms with Gasteiger partial charge in [0.25, 0.3) is 0 Å². The zero-order valence-electron chi connectivity index (χ0n) is 18.0. The number of carbonyl (C=O) groups excluding carboxylic acids is 2. The van der Waals surface area contributed by atoms with Gasteiger partial charge in [-0.05, 0) is 18.8 Å². The summed E-state index contributed by atoms with van der Waals surface area (Å²) in [5.41, 5.74) is -2.62. The first-order valence-corrected chi connectivity index (χ1v) is 11.4. The van der Waals surface area contributed by atoms with Crippen molar-refractivity contribution >= 4 is 11.8 Å². The number of unbranched alkanes of at least 4 members (excludes halogenated alkanes) is 4. The Morgan fingerprint density at radius 1 is 1.21 bits per heavy atom. The Labute approximate surface area is 172 Å². The number of rotatable bonds is 7. The molecule has 0 aromatic carbocycles. The van der Waals surface area contributed by atoms with Crippen LogP contribution in [0.5, 0.6) is 0 Å². The maximum atomic E-state index is 12.9. The fourth-order valence-corrected chi connectivity index (χ4v) is 7.39. The number of carbonyl (C=O) groups is 2. The summed E-state index contributed by atoms with van der Waals surface area (Å²) >= 11 is 0. The van der Waals surface area contributed by atoms with Gasteiger partial charge in [0.05, 0.1) is 12.7 Å². The maximum Gasteiger partial charge on any atom is 0.306 e. The standard InChI is InChI=1S/C23H34O6/c1-5-6-7-8-9-10-14(24)28-18-15-13(11-20(18,2)3)16(25)23-19(29-23)17(26)22(12-27-22)21(15,23)4/h13,15-16,18-19,25H,5-12H2,1-4H3/t13-,15-,16-,18+,19+,21+,22-,23+/m0/s1. The molecule has 5 aliphatic rings. The molecule has 8 atom stereocenters. The highest BCUT2D eigenvalue weighted by Gasteiger charge is 2.97. The molecular weight excluding hydrogens is 372 g/mol. The first-order chi connectivity index (χ1) is 13.7. The first-order valence-electron chi connectivity index (χ1n) is 11.4. The van der Waals surface area contributed by atoms with E-state index in [2.05, 4.69) is 20.8 Å². The lowest BCUT2D eigenvalue weighted by Gasteiger charge is -2.41. The third-order valence-electron chi connectivity index (χ3n) is 8.94. The van der Waals surface area contributed by atoms with Crippen LogP contribution in [0.1, 0.15) is 72.6 Å². The molecule has 2 aliphatic heterocycles. The van der Waals surface area contributed by atoms with E-state index in [4.69, 9.17) is 14.2 Å². The highest BCUT2D eigenvalue weighted by molar-refractivity contribution is 6.02. The van der Waals surface area contributed by atoms with E-state index in [-0.39, 0.29) is 35.1 Å². The summed E-state index contributed by atoms with van der Waals surface area (Å²) in [5.74, 6) is -0.363. The van der Waals surface area contributed by atoms with Gasteiger partial charge in [-0.1, -0.05) is 53.4 Å². The van der Waals surface area contributed by atoms with Crippen LogP contribution in [-0.4, -0.2) is 53.0 Å². The summed E-state index contributed by atoms with van der Waals surface area (Å²) in [6, 6.07) is 0. The molecule has 0 amide bonds. The van der Waals surface area contributed by atoms with Crippen molar-refractivity contribution in [3.63, 3.8) is 0 Å². The van der Waals surface area contributed by atoms with Gasteiger partial charge in [-0.2, -0.15) is 0 Å². The topological polar surface area (TPSA) is 88.7 Å². The van der Waals surface area contributed by atoms with E-state index in [9.17, 15) is 14.7 Å². The lowest BCUT2D eigenvalue weighted by Crippen LogP contribution is -2.53. The quantitative estimate of drug-likeness (QED) is 0.397. The minimum Gasteiger partial charge on any atom is -0.461 e. The second kappa shape index (κ2) is 6.04. The Morgan fingerprint density at radius 2 is 1.90 bits per heavy atom. The van der Waals surface area contributed by atoms with Crippen LogP contribution in [0.15, 0.2) is 0 Å². The molecule has 2 heterocycles. The average Bonchev–Trinajstić information content (AvgIpc) is 3.55. The number of Topliss-reactive ketones (excluding diaryl/α,β-unsaturated/α-hetero) is 1. The number of aliphatic hydroxyl groups excluding tert-OH is 1. The van der Waals surface area contributed by atoms with Crippen molar-refractivity contribution in [3.05, 3.63) is 0 Å². The summed E-state index contributed by atoms with van der Waals surface area (Å²) < 4.78 is 17.8. The Bertz CT molecular complexity index is 742. The molecule has 0 aromatic heterocycles. The van der Waals surface area contributed by atoms with Crippen molar-refractivity contribution in [3.8, 4) is 0 Å². The van der Waals surface area contributed by atoms with Crippen LogP contribution in [0, 0.1) is 22.7 Å². The molecule has 162 valence electrons. The molecule has 2 saturated heterocycles. The predicted molar refractivity (Wildman–Crippen MR) is 104 cm³/mol. The molecule has 1 N–H and O–H groups in total. The molecule has 0 aromatic rings. The third-order valence-corrected chi connectivity index (χ3v) is 8.94. The first kappa shape index (κ1) is 20.0. The van der Waals surface area contributed by atoms with Gasteiger partial charge in [0, 0.05) is 23.2 Å². The molecular formula is C23H34O6. The average molecular weight is 407 g/mol. The Kier molecular flexibility index (Phi) is 4.16. The molecule has 5 fully saturated rings. The SMILES string of the molecule is CCCCCCCC(=O)O[C@@H]1[C@@H]2[C@H](CC1(C)C)[C@H](O)[C@@]13O[C@@H]1C(=O)[C@@]1(CO1)[C@@]23C. The van der Waals surface area contributed by atoms with Crippen molar-refractivity contribution in [1.29, 1.82) is 0 Å². The largest absolute Gasteiger partial charge is 0.461 e. The number of fused-ring (bicyclic) bond motifs is 3. The van der Waals surface area contributed by atoms with Gasteiger partial charge in [0.2, 0.25) is 0 Å². The van der Waals surface area contributed by atoms with Crippen LogP contribution < -0.4 is 0 Å². The van der Waals surface area contributed by atoms with Crippen LogP contribution in [-0.2, 0) is 23.8 Å². The number of aliphatic hydroxyl groups is 1. The number of epoxide rings is 2. The number of hydrogen-bond acceptors (Lipinski definition) is 6. The Hall–Kier alpha value is -0.980. The smallest absolute Gasteiger partial charge is 0.306 e. The summed E-state index contributed by atoms with van der Waals surface area (Å²) in [7, 11) is 0. The summed E-state index contributed by atoms with van der Waals surface area (Å²) in [5, 5.41) is 11.2. The van der Waals surface area contributed by atoms with Crippen LogP contribution in [0.4, 0.5) is 0 Å². The minimum absolute atomic E-state index is 0.0248. The number of hydrogen-bond donors (Lipinski definition) is 1. The molecule has 0 radical (unpaired) electrons. The van der Waals surface area contributed by atoms with Gasteiger partial charge in [-0.3, -0.25) is 9.59 Å². The molecule has 0 unspecified atom stereocenters. The van der Waals surface area contributed by atoms with Crippen molar-refractivity contribution < 1.29 is 28.9 Å². The molecule has 0 bridgehead atoms. The van der Waals surface area contributed by atoms with Crippen molar-refractivity contribution in [2.75, 3.05) is 6.61 Å². The van der Waals surface area contributed by atoms with Crippen LogP contribution in [0.3, 0.4) is 0 Å². The number of esters is 1. The van der Waals surface area contributed by atoms with Crippen molar-refractivity contribution in [2.45, 2.75) is 102 Å². The minimum atomic E-state index is -0.860. The molecule has 5 rings (SSSR count). The fourth-order valence-electron chi connectivity index (χ4n) is 7.39. The van der Waals surface area contributed by atoms with E-state index in [0.29, 0.717) is 13.0 Å². The second-order valence-electron chi connectivity index (χ2n) is 10.9. The van der Waals surface area contributed by atoms with Gasteiger partial charge in [0.1, 0.15) is 11.7 Å². The molecule has 3 aliphatic carbocycles. The van der Waals surface area contributed by atoms with Crippen LogP contribution in [0.2, 0.25) is 0 Å². The molecule has 2 spiro atoms. The zero-order chi connectivity index (χ0) is 20.8. The van der Waals surface area contributed by atoms with Gasteiger partial charge >= 0.3 is 5.97 Å². The van der Waals surface area contributed by atoms with Crippen LogP contribution in [0.25, 0.3) is 0 Å². The van der Waals surface area contributed by atoms with E-state index in [1.807, 2.05) is 6.92 Å². The van der Waals surface area contributed by atoms with Crippen LogP contribution >= 0.6 is 0 Å². The van der Waals surface area contributed by atoms with E-state index in [1.165, 1.54) is 12.8 Å². The molecule has 29 heavy (non-hydrogen) atoms. The van der Waals surface area contributed by atoms with E-state index in [0.717, 1.165) is 25.7 Å². The normalized spacial score (nSPS) is 50.4. The monoisotopic (exact) mass is 406 g/mol. The second-order valence-corrected chi connectivity index (χ2v) is 10.9. The highest BCUT2D eigenvalue weighted by atomic mass is 16.7. The molecule has 6 nitrogen and oxygen atoms in total. The lowest BCUT2D eigenvalue weighted by atomic mass is 9.65. The Morgan fingerprint density at radius 3 is 2.55 bits per heavy atom. The van der Waals surface area contributed by atoms with Gasteiger partial charge in [-0.25, -0.2) is 0 Å². The van der Waals surface area contributed by atoms with Gasteiger partial charge in [0.15, 0.2) is 17.5 Å². The fraction of sp³-hybridized carbons (Fsp3) is 0.913. The van der Waals surface area contributed by atoms with Crippen molar-refractivity contribution in [1.82, 2.24) is 0 Å². The van der Waals surface area contributed by atoms with E-state index < -0.39 is 28.8 Å². The maximum absolute atomic E-state index is 12.9. The van der Waals surface area contributed by atoms with Gasteiger partial charge < -0.3 is 19.3 Å². The summed E-state index contributed by atoms with van der Waals surface area (Å²) in [4.78, 5) is 25.6. The molecule has 3 saturated carbocycles. The third kappa shape index (κ3) is 2.23. The summed E-state index contributed by atoms with van der Waals surface area (Å²) in [6.07, 6.45) is 4.98.